The number of rotatable bonds is 7. The maximum Gasteiger partial charge on any atom is 0.229 e. The van der Waals surface area contributed by atoms with Crippen LogP contribution in [0.25, 0.3) is 22.3 Å². The van der Waals surface area contributed by atoms with Gasteiger partial charge >= 0.3 is 0 Å². The highest BCUT2D eigenvalue weighted by molar-refractivity contribution is 5.83. The lowest BCUT2D eigenvalue weighted by atomic mass is 9.98. The Kier molecular flexibility index (Phi) is 6.77. The summed E-state index contributed by atoms with van der Waals surface area (Å²) in [5, 5.41) is 9.82. The van der Waals surface area contributed by atoms with Gasteiger partial charge in [-0.2, -0.15) is 0 Å². The number of imidazole rings is 1. The average molecular weight is 493 g/mol. The van der Waals surface area contributed by atoms with Crippen LogP contribution < -0.4 is 16.0 Å². The van der Waals surface area contributed by atoms with Crippen molar-refractivity contribution in [2.45, 2.75) is 39.7 Å². The molecule has 10 heteroatoms. The molecule has 0 atom stereocenters. The van der Waals surface area contributed by atoms with E-state index in [4.69, 9.17) is 0 Å². The Morgan fingerprint density at radius 3 is 2.58 bits per heavy atom. The maximum atomic E-state index is 14.9. The van der Waals surface area contributed by atoms with Gasteiger partial charge in [-0.1, -0.05) is 0 Å². The molecule has 1 fully saturated rings. The number of piperidine rings is 1. The number of halogens is 2. The molecule has 0 amide bonds. The van der Waals surface area contributed by atoms with Crippen molar-refractivity contribution >= 4 is 28.5 Å². The number of anilines is 3. The van der Waals surface area contributed by atoms with Crippen LogP contribution in [0.4, 0.5) is 26.2 Å². The van der Waals surface area contributed by atoms with E-state index in [9.17, 15) is 8.78 Å². The van der Waals surface area contributed by atoms with Gasteiger partial charge in [0.25, 0.3) is 0 Å². The van der Waals surface area contributed by atoms with Crippen molar-refractivity contribution in [1.82, 2.24) is 29.8 Å². The molecular formula is C26H30F2N8. The van der Waals surface area contributed by atoms with Gasteiger partial charge in [0.05, 0.1) is 23.6 Å². The average Bonchev–Trinajstić information content (AvgIpc) is 3.22. The van der Waals surface area contributed by atoms with Gasteiger partial charge in [-0.3, -0.25) is 0 Å². The summed E-state index contributed by atoms with van der Waals surface area (Å²) in [5.41, 5.74) is 2.11. The normalized spacial score (nSPS) is 14.5. The molecule has 0 bridgehead atoms. The number of aryl methyl sites for hydroxylation is 1. The van der Waals surface area contributed by atoms with E-state index in [0.717, 1.165) is 31.5 Å². The van der Waals surface area contributed by atoms with Gasteiger partial charge in [-0.05, 0) is 76.9 Å². The summed E-state index contributed by atoms with van der Waals surface area (Å²) in [5.74, 6) is 0.880. The second kappa shape index (κ2) is 10.1. The summed E-state index contributed by atoms with van der Waals surface area (Å²) in [7, 11) is 0. The predicted octanol–water partition coefficient (Wildman–Crippen LogP) is 5.21. The van der Waals surface area contributed by atoms with Crippen molar-refractivity contribution in [3.63, 3.8) is 0 Å². The van der Waals surface area contributed by atoms with E-state index in [-0.39, 0.29) is 23.2 Å². The third-order valence-corrected chi connectivity index (χ3v) is 6.52. The van der Waals surface area contributed by atoms with Crippen LogP contribution in [0.5, 0.6) is 0 Å². The lowest BCUT2D eigenvalue weighted by Crippen LogP contribution is -2.31. The summed E-state index contributed by atoms with van der Waals surface area (Å²) >= 11 is 0. The van der Waals surface area contributed by atoms with Crippen LogP contribution in [0.1, 0.15) is 38.6 Å². The highest BCUT2D eigenvalue weighted by Gasteiger charge is 2.18. The van der Waals surface area contributed by atoms with Crippen molar-refractivity contribution in [3.8, 4) is 11.3 Å². The van der Waals surface area contributed by atoms with Crippen molar-refractivity contribution in [3.05, 3.63) is 54.1 Å². The standard InChI is InChI=1S/C26H30F2N8/c1-15(2)36-16(3)33-25-20(27)10-18(11-22(25)36)24-21(28)14-32-26(35-24)34-23-5-4-19(13-31-23)30-12-17-6-8-29-9-7-17/h4-5,10-11,13-15,17,29-30H,6-9,12H2,1-3H3,(H,31,32,34,35). The molecule has 0 spiro atoms. The summed E-state index contributed by atoms with van der Waals surface area (Å²) < 4.78 is 31.6. The first-order valence-corrected chi connectivity index (χ1v) is 12.3. The van der Waals surface area contributed by atoms with Gasteiger partial charge < -0.3 is 20.5 Å². The smallest absolute Gasteiger partial charge is 0.229 e. The zero-order valence-electron chi connectivity index (χ0n) is 20.6. The first-order valence-electron chi connectivity index (χ1n) is 12.3. The summed E-state index contributed by atoms with van der Waals surface area (Å²) in [6.07, 6.45) is 5.15. The molecule has 8 nitrogen and oxygen atoms in total. The third kappa shape index (κ3) is 4.99. The fourth-order valence-electron chi connectivity index (χ4n) is 4.72. The van der Waals surface area contributed by atoms with Gasteiger partial charge in [0, 0.05) is 18.2 Å². The minimum atomic E-state index is -0.642. The van der Waals surface area contributed by atoms with Crippen LogP contribution in [-0.4, -0.2) is 44.1 Å². The Labute approximate surface area is 208 Å². The molecule has 0 saturated carbocycles. The van der Waals surface area contributed by atoms with Gasteiger partial charge in [0.2, 0.25) is 5.95 Å². The maximum absolute atomic E-state index is 14.9. The summed E-state index contributed by atoms with van der Waals surface area (Å²) in [6, 6.07) is 6.79. The molecule has 1 aromatic carbocycles. The molecule has 3 N–H and O–H groups in total. The number of fused-ring (bicyclic) bond motifs is 1. The minimum absolute atomic E-state index is 0.00252. The van der Waals surface area contributed by atoms with E-state index in [2.05, 4.69) is 35.9 Å². The van der Waals surface area contributed by atoms with Crippen LogP contribution in [0, 0.1) is 24.5 Å². The molecule has 1 aliphatic heterocycles. The first-order chi connectivity index (χ1) is 17.4. The van der Waals surface area contributed by atoms with E-state index in [1.54, 1.807) is 12.3 Å². The molecule has 0 radical (unpaired) electrons. The molecule has 4 aromatic rings. The Balaban J connectivity index is 1.35. The number of hydrogen-bond donors (Lipinski definition) is 3. The van der Waals surface area contributed by atoms with Crippen LogP contribution in [0.2, 0.25) is 0 Å². The number of nitrogens with one attached hydrogen (secondary N) is 3. The zero-order valence-corrected chi connectivity index (χ0v) is 20.6. The Morgan fingerprint density at radius 2 is 1.86 bits per heavy atom. The third-order valence-electron chi connectivity index (χ3n) is 6.52. The molecular weight excluding hydrogens is 462 g/mol. The van der Waals surface area contributed by atoms with Crippen LogP contribution >= 0.6 is 0 Å². The molecule has 36 heavy (non-hydrogen) atoms. The summed E-state index contributed by atoms with van der Waals surface area (Å²) in [6.45, 7) is 8.86. The van der Waals surface area contributed by atoms with E-state index < -0.39 is 11.6 Å². The van der Waals surface area contributed by atoms with Gasteiger partial charge in [-0.15, -0.1) is 0 Å². The van der Waals surface area contributed by atoms with Crippen LogP contribution in [-0.2, 0) is 0 Å². The summed E-state index contributed by atoms with van der Waals surface area (Å²) in [4.78, 5) is 17.1. The van der Waals surface area contributed by atoms with E-state index in [1.807, 2.05) is 37.5 Å². The van der Waals surface area contributed by atoms with Crippen LogP contribution in [0.3, 0.4) is 0 Å². The predicted molar refractivity (Wildman–Crippen MR) is 137 cm³/mol. The number of hydrogen-bond acceptors (Lipinski definition) is 7. The molecule has 1 aliphatic rings. The molecule has 188 valence electrons. The SMILES string of the molecule is Cc1nc2c(F)cc(-c3nc(Nc4ccc(NCC5CCNCC5)cn4)ncc3F)cc2n1C(C)C. The van der Waals surface area contributed by atoms with E-state index in [1.165, 1.54) is 18.9 Å². The second-order valence-corrected chi connectivity index (χ2v) is 9.47. The molecule has 1 saturated heterocycles. The number of nitrogens with zero attached hydrogens (tertiary/aromatic N) is 5. The lowest BCUT2D eigenvalue weighted by molar-refractivity contribution is 0.390. The number of benzene rings is 1. The fourth-order valence-corrected chi connectivity index (χ4v) is 4.72. The highest BCUT2D eigenvalue weighted by atomic mass is 19.1. The Bertz CT molecular complexity index is 1360. The van der Waals surface area contributed by atoms with Gasteiger partial charge in [0.1, 0.15) is 22.9 Å². The van der Waals surface area contributed by atoms with Crippen molar-refractivity contribution in [1.29, 1.82) is 0 Å². The molecule has 0 unspecified atom stereocenters. The molecule has 3 aromatic heterocycles. The molecule has 4 heterocycles. The molecule has 5 rings (SSSR count). The van der Waals surface area contributed by atoms with Crippen molar-refractivity contribution in [2.75, 3.05) is 30.3 Å². The lowest BCUT2D eigenvalue weighted by Gasteiger charge is -2.23. The highest BCUT2D eigenvalue weighted by Crippen LogP contribution is 2.30. The largest absolute Gasteiger partial charge is 0.384 e. The van der Waals surface area contributed by atoms with Gasteiger partial charge in [0.15, 0.2) is 11.6 Å². The second-order valence-electron chi connectivity index (χ2n) is 9.47. The van der Waals surface area contributed by atoms with Crippen LogP contribution in [0.15, 0.2) is 36.7 Å². The van der Waals surface area contributed by atoms with E-state index >= 15 is 0 Å². The van der Waals surface area contributed by atoms with Crippen molar-refractivity contribution < 1.29 is 8.78 Å². The zero-order chi connectivity index (χ0) is 25.2. The van der Waals surface area contributed by atoms with E-state index in [0.29, 0.717) is 28.6 Å². The Morgan fingerprint density at radius 1 is 1.06 bits per heavy atom. The first kappa shape index (κ1) is 24.1. The monoisotopic (exact) mass is 492 g/mol. The van der Waals surface area contributed by atoms with Crippen molar-refractivity contribution in [2.24, 2.45) is 5.92 Å². The Hall–Kier alpha value is -3.66. The van der Waals surface area contributed by atoms with Gasteiger partial charge in [-0.25, -0.2) is 28.7 Å². The minimum Gasteiger partial charge on any atom is -0.384 e. The number of aromatic nitrogens is 5. The fraction of sp³-hybridized carbons (Fsp3) is 0.385. The molecule has 0 aliphatic carbocycles. The topological polar surface area (TPSA) is 92.6 Å². The number of pyridine rings is 1. The quantitative estimate of drug-likeness (QED) is 0.326.